The first-order chi connectivity index (χ1) is 22.1. The van der Waals surface area contributed by atoms with Crippen LogP contribution < -0.4 is 20.9 Å². The molecule has 0 amide bonds. The molecule has 9 nitrogen and oxygen atoms in total. The zero-order chi connectivity index (χ0) is 32.1. The monoisotopic (exact) mass is 635 g/mol. The molecule has 46 heavy (non-hydrogen) atoms. The van der Waals surface area contributed by atoms with E-state index >= 15 is 0 Å². The Bertz CT molecular complexity index is 2100. The summed E-state index contributed by atoms with van der Waals surface area (Å²) in [5.41, 5.74) is 3.50. The first kappa shape index (κ1) is 30.1. The molecular formula is C36H37N5O4S. The molecule has 236 valence electrons. The van der Waals surface area contributed by atoms with E-state index in [2.05, 4.69) is 27.8 Å². The third kappa shape index (κ3) is 5.25. The number of hydrogen-bond acceptors (Lipinski definition) is 8. The van der Waals surface area contributed by atoms with Crippen molar-refractivity contribution in [3.8, 4) is 11.5 Å². The van der Waals surface area contributed by atoms with Crippen molar-refractivity contribution < 1.29 is 13.2 Å². The minimum atomic E-state index is -3.82. The third-order valence-corrected chi connectivity index (χ3v) is 12.1. The van der Waals surface area contributed by atoms with Crippen LogP contribution in [-0.4, -0.2) is 40.8 Å². The van der Waals surface area contributed by atoms with Crippen LogP contribution in [0.4, 0.5) is 11.6 Å². The molecule has 2 unspecified atom stereocenters. The third-order valence-electron chi connectivity index (χ3n) is 9.47. The SMILES string of the molecule is Cc1ccccc1Oc1cc2cnc(Nc3ccc(C4CCCNC4)cc3)nc2n(C2Cc3ccccc3S(=O)(=O)C2(C)C)c1=O. The van der Waals surface area contributed by atoms with Gasteiger partial charge in [-0.25, -0.2) is 13.4 Å². The highest BCUT2D eigenvalue weighted by atomic mass is 32.2. The zero-order valence-electron chi connectivity index (χ0n) is 26.2. The van der Waals surface area contributed by atoms with Crippen LogP contribution in [0.1, 0.15) is 55.3 Å². The first-order valence-electron chi connectivity index (χ1n) is 15.7. The Balaban J connectivity index is 1.34. The van der Waals surface area contributed by atoms with E-state index in [4.69, 9.17) is 9.72 Å². The lowest BCUT2D eigenvalue weighted by Crippen LogP contribution is -2.48. The maximum atomic E-state index is 14.4. The second-order valence-electron chi connectivity index (χ2n) is 12.7. The smallest absolute Gasteiger partial charge is 0.295 e. The van der Waals surface area contributed by atoms with Crippen LogP contribution in [0, 0.1) is 6.92 Å². The maximum absolute atomic E-state index is 14.4. The molecular weight excluding hydrogens is 598 g/mol. The summed E-state index contributed by atoms with van der Waals surface area (Å²) in [6.45, 7) is 7.31. The van der Waals surface area contributed by atoms with E-state index in [1.165, 1.54) is 23.0 Å². The van der Waals surface area contributed by atoms with Gasteiger partial charge in [-0.15, -0.1) is 0 Å². The lowest BCUT2D eigenvalue weighted by molar-refractivity contribution is 0.363. The summed E-state index contributed by atoms with van der Waals surface area (Å²) in [6, 6.07) is 23.6. The topological polar surface area (TPSA) is 115 Å². The van der Waals surface area contributed by atoms with Crippen molar-refractivity contribution in [2.45, 2.75) is 61.6 Å². The fourth-order valence-electron chi connectivity index (χ4n) is 6.66. The Labute approximate surface area is 268 Å². The fraction of sp³-hybridized carbons (Fsp3) is 0.306. The minimum Gasteiger partial charge on any atom is -0.451 e. The average Bonchev–Trinajstić information content (AvgIpc) is 3.06. The van der Waals surface area contributed by atoms with Crippen molar-refractivity contribution in [3.63, 3.8) is 0 Å². The summed E-state index contributed by atoms with van der Waals surface area (Å²) in [6.07, 6.45) is 4.30. The normalized spacial score (nSPS) is 20.2. The Morgan fingerprint density at radius 2 is 1.76 bits per heavy atom. The highest BCUT2D eigenvalue weighted by molar-refractivity contribution is 7.93. The molecule has 2 aliphatic heterocycles. The number of nitrogens with one attached hydrogen (secondary N) is 2. The Kier molecular flexibility index (Phi) is 7.65. The number of para-hydroxylation sites is 1. The molecule has 0 aliphatic carbocycles. The number of piperidine rings is 1. The van der Waals surface area contributed by atoms with Gasteiger partial charge in [0.2, 0.25) is 5.95 Å². The van der Waals surface area contributed by atoms with Crippen LogP contribution in [0.15, 0.2) is 94.7 Å². The summed E-state index contributed by atoms with van der Waals surface area (Å²) in [5, 5.41) is 7.31. The molecule has 0 radical (unpaired) electrons. The van der Waals surface area contributed by atoms with Gasteiger partial charge in [-0.2, -0.15) is 4.98 Å². The number of anilines is 2. The lowest BCUT2D eigenvalue weighted by atomic mass is 9.92. The number of fused-ring (bicyclic) bond motifs is 2. The van der Waals surface area contributed by atoms with Crippen LogP contribution in [-0.2, 0) is 16.3 Å². The molecule has 0 bridgehead atoms. The molecule has 2 atom stereocenters. The van der Waals surface area contributed by atoms with Crippen LogP contribution in [0.5, 0.6) is 11.5 Å². The predicted molar refractivity (Wildman–Crippen MR) is 180 cm³/mol. The van der Waals surface area contributed by atoms with E-state index in [-0.39, 0.29) is 5.75 Å². The van der Waals surface area contributed by atoms with Crippen molar-refractivity contribution >= 4 is 32.5 Å². The molecule has 10 heteroatoms. The van der Waals surface area contributed by atoms with Crippen LogP contribution in [0.2, 0.25) is 0 Å². The molecule has 2 N–H and O–H groups in total. The molecule has 0 saturated carbocycles. The zero-order valence-corrected chi connectivity index (χ0v) is 27.0. The molecule has 3 aromatic carbocycles. The van der Waals surface area contributed by atoms with Gasteiger partial charge in [0.15, 0.2) is 15.6 Å². The molecule has 0 spiro atoms. The van der Waals surface area contributed by atoms with Gasteiger partial charge in [0.1, 0.15) is 11.4 Å². The molecule has 2 aliphatic rings. The number of ether oxygens (including phenoxy) is 1. The van der Waals surface area contributed by atoms with Crippen LogP contribution in [0.3, 0.4) is 0 Å². The number of aromatic nitrogens is 3. The standard InChI is InChI=1S/C36H37N5O4S/c1-23-9-4-6-12-29(23)45-30-19-27-22-38-35(39-28-16-14-24(15-17-28)26-11-8-18-37-21-26)40-33(27)41(34(30)42)32-20-25-10-5-7-13-31(25)46(43,44)36(32,2)3/h4-7,9-10,12-17,19,22,26,32,37H,8,11,18,20-21H2,1-3H3,(H,38,39,40). The van der Waals surface area contributed by atoms with Crippen molar-refractivity contribution in [2.75, 3.05) is 18.4 Å². The second kappa shape index (κ2) is 11.7. The Hall–Kier alpha value is -4.54. The van der Waals surface area contributed by atoms with Gasteiger partial charge in [-0.1, -0.05) is 48.5 Å². The van der Waals surface area contributed by atoms with E-state index in [1.807, 2.05) is 49.4 Å². The number of sulfone groups is 1. The number of pyridine rings is 1. The predicted octanol–water partition coefficient (Wildman–Crippen LogP) is 6.45. The van der Waals surface area contributed by atoms with Crippen LogP contribution in [0.25, 0.3) is 11.0 Å². The van der Waals surface area contributed by atoms with E-state index in [1.54, 1.807) is 44.3 Å². The van der Waals surface area contributed by atoms with Crippen molar-refractivity contribution in [1.29, 1.82) is 0 Å². The van der Waals surface area contributed by atoms with E-state index in [0.717, 1.165) is 24.3 Å². The van der Waals surface area contributed by atoms with Gasteiger partial charge in [-0.3, -0.25) is 9.36 Å². The summed E-state index contributed by atoms with van der Waals surface area (Å²) < 4.78 is 34.4. The summed E-state index contributed by atoms with van der Waals surface area (Å²) >= 11 is 0. The summed E-state index contributed by atoms with van der Waals surface area (Å²) in [5.74, 6) is 1.41. The highest BCUT2D eigenvalue weighted by Gasteiger charge is 2.49. The van der Waals surface area contributed by atoms with Gasteiger partial charge in [0, 0.05) is 23.8 Å². The molecule has 4 heterocycles. The molecule has 5 aromatic rings. The number of rotatable bonds is 6. The van der Waals surface area contributed by atoms with E-state index in [9.17, 15) is 13.2 Å². The number of benzene rings is 3. The summed E-state index contributed by atoms with van der Waals surface area (Å²) in [4.78, 5) is 24.1. The first-order valence-corrected chi connectivity index (χ1v) is 17.2. The van der Waals surface area contributed by atoms with Gasteiger partial charge in [-0.05, 0) is 99.5 Å². The average molecular weight is 636 g/mol. The van der Waals surface area contributed by atoms with Gasteiger partial charge < -0.3 is 15.4 Å². The minimum absolute atomic E-state index is 0.0750. The Morgan fingerprint density at radius 1 is 1.00 bits per heavy atom. The number of aryl methyl sites for hydroxylation is 1. The molecule has 1 saturated heterocycles. The number of nitrogens with zero attached hydrogens (tertiary/aromatic N) is 3. The molecule has 7 rings (SSSR count). The highest BCUT2D eigenvalue weighted by Crippen LogP contribution is 2.44. The number of hydrogen-bond donors (Lipinski definition) is 2. The van der Waals surface area contributed by atoms with E-state index < -0.39 is 26.2 Å². The maximum Gasteiger partial charge on any atom is 0.295 e. The van der Waals surface area contributed by atoms with Gasteiger partial charge >= 0.3 is 0 Å². The largest absolute Gasteiger partial charge is 0.451 e. The summed E-state index contributed by atoms with van der Waals surface area (Å²) in [7, 11) is -3.82. The molecule has 1 fully saturated rings. The molecule has 2 aromatic heterocycles. The quantitative estimate of drug-likeness (QED) is 0.219. The lowest BCUT2D eigenvalue weighted by Gasteiger charge is -2.40. The van der Waals surface area contributed by atoms with Crippen molar-refractivity contribution in [3.05, 3.63) is 112 Å². The Morgan fingerprint density at radius 3 is 2.52 bits per heavy atom. The van der Waals surface area contributed by atoms with Crippen molar-refractivity contribution in [2.24, 2.45) is 0 Å². The van der Waals surface area contributed by atoms with Gasteiger partial charge in [0.25, 0.3) is 5.56 Å². The fourth-order valence-corrected chi connectivity index (χ4v) is 8.53. The second-order valence-corrected chi connectivity index (χ2v) is 15.2. The van der Waals surface area contributed by atoms with Gasteiger partial charge in [0.05, 0.1) is 15.7 Å². The van der Waals surface area contributed by atoms with Crippen molar-refractivity contribution in [1.82, 2.24) is 19.9 Å². The van der Waals surface area contributed by atoms with E-state index in [0.29, 0.717) is 45.5 Å². The van der Waals surface area contributed by atoms with Crippen LogP contribution >= 0.6 is 0 Å².